The lowest BCUT2D eigenvalue weighted by atomic mass is 10.1. The van der Waals surface area contributed by atoms with Gasteiger partial charge in [0.05, 0.1) is 23.4 Å². The van der Waals surface area contributed by atoms with Crippen LogP contribution < -0.4 is 10.2 Å². The third-order valence-corrected chi connectivity index (χ3v) is 8.89. The first kappa shape index (κ1) is 23.6. The minimum Gasteiger partial charge on any atom is -0.389 e. The van der Waals surface area contributed by atoms with Crippen molar-refractivity contribution in [1.29, 1.82) is 0 Å². The molecule has 1 N–H and O–H groups in total. The summed E-state index contributed by atoms with van der Waals surface area (Å²) >= 11 is 1.25. The van der Waals surface area contributed by atoms with Gasteiger partial charge in [0.25, 0.3) is 5.91 Å². The molecule has 1 saturated carbocycles. The molecule has 0 spiro atoms. The Labute approximate surface area is 206 Å². The number of ether oxygens (including phenoxy) is 1. The van der Waals surface area contributed by atoms with E-state index in [1.54, 1.807) is 12.1 Å². The van der Waals surface area contributed by atoms with E-state index in [1.165, 1.54) is 23.5 Å². The zero-order valence-corrected chi connectivity index (χ0v) is 20.9. The summed E-state index contributed by atoms with van der Waals surface area (Å²) in [6.45, 7) is 0.970. The maximum atomic E-state index is 13.2. The second-order valence-corrected chi connectivity index (χ2v) is 11.9. The molecule has 2 aliphatic rings. The Hall–Kier alpha value is -3.09. The number of hydrogen-bond acceptors (Lipinski definition) is 10. The normalized spacial score (nSPS) is 18.6. The lowest BCUT2D eigenvalue weighted by Crippen LogP contribution is -2.25. The van der Waals surface area contributed by atoms with Crippen LogP contribution in [-0.4, -0.2) is 68.7 Å². The SMILES string of the molecule is CN(C)c1ccc2nc(NC(=O)/C(=N/O[C@@H]3CCOC3)c3ccc(S(=O)(=O)C4CC4)cc3)sc2n1. The van der Waals surface area contributed by atoms with E-state index in [-0.39, 0.29) is 22.0 Å². The summed E-state index contributed by atoms with van der Waals surface area (Å²) < 4.78 is 30.4. The summed E-state index contributed by atoms with van der Waals surface area (Å²) in [7, 11) is 0.466. The molecule has 12 heteroatoms. The van der Waals surface area contributed by atoms with Crippen molar-refractivity contribution in [3.63, 3.8) is 0 Å². The van der Waals surface area contributed by atoms with Gasteiger partial charge in [0.1, 0.15) is 16.2 Å². The van der Waals surface area contributed by atoms with Gasteiger partial charge < -0.3 is 14.5 Å². The number of hydrogen-bond donors (Lipinski definition) is 1. The molecule has 1 aromatic carbocycles. The number of nitrogens with zero attached hydrogens (tertiary/aromatic N) is 4. The van der Waals surface area contributed by atoms with E-state index in [2.05, 4.69) is 20.4 Å². The molecule has 2 fully saturated rings. The molecule has 3 heterocycles. The van der Waals surface area contributed by atoms with Crippen LogP contribution in [0.2, 0.25) is 0 Å². The van der Waals surface area contributed by atoms with Crippen LogP contribution in [0.25, 0.3) is 10.3 Å². The van der Waals surface area contributed by atoms with Gasteiger partial charge in [0.2, 0.25) is 0 Å². The number of rotatable bonds is 8. The maximum absolute atomic E-state index is 13.2. The van der Waals surface area contributed by atoms with Crippen LogP contribution in [0.4, 0.5) is 10.9 Å². The Morgan fingerprint density at radius 2 is 1.91 bits per heavy atom. The predicted octanol–water partition coefficient (Wildman–Crippen LogP) is 2.84. The zero-order chi connectivity index (χ0) is 24.6. The predicted molar refractivity (Wildman–Crippen MR) is 134 cm³/mol. The number of thiazole rings is 1. The highest BCUT2D eigenvalue weighted by atomic mass is 32.2. The number of sulfone groups is 1. The number of oxime groups is 1. The summed E-state index contributed by atoms with van der Waals surface area (Å²) in [6.07, 6.45) is 1.80. The Balaban J connectivity index is 1.41. The van der Waals surface area contributed by atoms with E-state index in [4.69, 9.17) is 9.57 Å². The molecule has 35 heavy (non-hydrogen) atoms. The van der Waals surface area contributed by atoms with Gasteiger partial charge in [-0.1, -0.05) is 28.6 Å². The minimum atomic E-state index is -3.33. The Kier molecular flexibility index (Phi) is 6.43. The van der Waals surface area contributed by atoms with Gasteiger partial charge in [-0.3, -0.25) is 10.1 Å². The van der Waals surface area contributed by atoms with Crippen molar-refractivity contribution in [2.75, 3.05) is 37.5 Å². The Morgan fingerprint density at radius 3 is 2.57 bits per heavy atom. The minimum absolute atomic E-state index is 0.0217. The first-order valence-corrected chi connectivity index (χ1v) is 13.6. The van der Waals surface area contributed by atoms with Crippen molar-refractivity contribution in [3.05, 3.63) is 42.0 Å². The van der Waals surface area contributed by atoms with Gasteiger partial charge in [-0.25, -0.2) is 18.4 Å². The first-order valence-electron chi connectivity index (χ1n) is 11.2. The molecule has 0 radical (unpaired) electrons. The molecule has 2 aromatic heterocycles. The fourth-order valence-corrected chi connectivity index (χ4v) is 6.07. The smallest absolute Gasteiger partial charge is 0.280 e. The van der Waals surface area contributed by atoms with Gasteiger partial charge in [-0.15, -0.1) is 0 Å². The number of amides is 1. The van der Waals surface area contributed by atoms with Crippen LogP contribution in [0, 0.1) is 0 Å². The number of pyridine rings is 1. The van der Waals surface area contributed by atoms with Crippen LogP contribution in [-0.2, 0) is 24.2 Å². The van der Waals surface area contributed by atoms with Gasteiger partial charge >= 0.3 is 0 Å². The number of nitrogens with one attached hydrogen (secondary N) is 1. The largest absolute Gasteiger partial charge is 0.389 e. The number of carbonyl (C=O) groups is 1. The highest BCUT2D eigenvalue weighted by Crippen LogP contribution is 2.33. The topological polar surface area (TPSA) is 123 Å². The molecule has 184 valence electrons. The molecule has 1 saturated heterocycles. The number of anilines is 2. The summed E-state index contributed by atoms with van der Waals surface area (Å²) in [6, 6.07) is 9.87. The second kappa shape index (κ2) is 9.51. The lowest BCUT2D eigenvalue weighted by molar-refractivity contribution is -0.110. The van der Waals surface area contributed by atoms with Crippen LogP contribution in [0.5, 0.6) is 0 Å². The number of carbonyl (C=O) groups excluding carboxylic acids is 1. The maximum Gasteiger partial charge on any atom is 0.280 e. The van der Waals surface area contributed by atoms with Crippen LogP contribution in [0.1, 0.15) is 24.8 Å². The van der Waals surface area contributed by atoms with Gasteiger partial charge in [0.15, 0.2) is 26.8 Å². The van der Waals surface area contributed by atoms with Gasteiger partial charge in [-0.2, -0.15) is 0 Å². The molecule has 1 aliphatic carbocycles. The first-order chi connectivity index (χ1) is 16.8. The van der Waals surface area contributed by atoms with Crippen LogP contribution in [0.15, 0.2) is 46.4 Å². The van der Waals surface area contributed by atoms with E-state index in [0.29, 0.717) is 53.5 Å². The zero-order valence-electron chi connectivity index (χ0n) is 19.3. The molecule has 1 atom stereocenters. The standard InChI is InChI=1S/C23H25N5O5S2/c1-28(2)19-10-9-18-22(25-19)34-23(24-18)26-21(29)20(27-33-15-11-12-32-13-15)14-3-5-16(6-4-14)35(30,31)17-7-8-17/h3-6,9-10,15,17H,7-8,11-13H2,1-2H3,(H,24,26,29)/b27-20+/t15-/m1/s1. The Morgan fingerprint density at radius 1 is 1.14 bits per heavy atom. The highest BCUT2D eigenvalue weighted by molar-refractivity contribution is 7.92. The van der Waals surface area contributed by atoms with Gasteiger partial charge in [-0.05, 0) is 37.1 Å². The van der Waals surface area contributed by atoms with Gasteiger partial charge in [0, 0.05) is 26.1 Å². The van der Waals surface area contributed by atoms with Crippen molar-refractivity contribution >= 4 is 54.1 Å². The summed E-state index contributed by atoms with van der Waals surface area (Å²) in [5, 5.41) is 6.98. The summed E-state index contributed by atoms with van der Waals surface area (Å²) in [5.41, 5.74) is 1.13. The molecule has 10 nitrogen and oxygen atoms in total. The molecule has 0 unspecified atom stereocenters. The lowest BCUT2D eigenvalue weighted by Gasteiger charge is -2.10. The monoisotopic (exact) mass is 515 g/mol. The summed E-state index contributed by atoms with van der Waals surface area (Å²) in [4.78, 5) is 30.6. The van der Waals surface area contributed by atoms with E-state index in [0.717, 1.165) is 5.82 Å². The van der Waals surface area contributed by atoms with E-state index in [1.807, 2.05) is 31.1 Å². The van der Waals surface area contributed by atoms with Crippen molar-refractivity contribution in [3.8, 4) is 0 Å². The van der Waals surface area contributed by atoms with Crippen molar-refractivity contribution < 1.29 is 22.8 Å². The fourth-order valence-electron chi connectivity index (χ4n) is 3.59. The van der Waals surface area contributed by atoms with E-state index < -0.39 is 15.7 Å². The molecular formula is C23H25N5O5S2. The van der Waals surface area contributed by atoms with Crippen molar-refractivity contribution in [1.82, 2.24) is 9.97 Å². The van der Waals surface area contributed by atoms with Crippen molar-refractivity contribution in [2.45, 2.75) is 35.5 Å². The second-order valence-electron chi connectivity index (χ2n) is 8.66. The molecule has 1 aliphatic heterocycles. The number of fused-ring (bicyclic) bond motifs is 1. The molecule has 5 rings (SSSR count). The quantitative estimate of drug-likeness (QED) is 0.359. The van der Waals surface area contributed by atoms with Crippen LogP contribution >= 0.6 is 11.3 Å². The number of benzene rings is 1. The number of aromatic nitrogens is 2. The van der Waals surface area contributed by atoms with E-state index in [9.17, 15) is 13.2 Å². The average molecular weight is 516 g/mol. The highest BCUT2D eigenvalue weighted by Gasteiger charge is 2.36. The molecule has 3 aromatic rings. The van der Waals surface area contributed by atoms with Crippen LogP contribution in [0.3, 0.4) is 0 Å². The van der Waals surface area contributed by atoms with Crippen molar-refractivity contribution in [2.24, 2.45) is 5.16 Å². The molecule has 1 amide bonds. The van der Waals surface area contributed by atoms with E-state index >= 15 is 0 Å². The third kappa shape index (κ3) is 5.14. The molecular weight excluding hydrogens is 490 g/mol. The average Bonchev–Trinajstić information content (AvgIpc) is 3.44. The Bertz CT molecular complexity index is 1380. The summed E-state index contributed by atoms with van der Waals surface area (Å²) in [5.74, 6) is 0.267. The fraction of sp³-hybridized carbons (Fsp3) is 0.391. The third-order valence-electron chi connectivity index (χ3n) is 5.74. The molecule has 0 bridgehead atoms.